The first kappa shape index (κ1) is 21.3. The first-order valence-corrected chi connectivity index (χ1v) is 12.0. The zero-order valence-electron chi connectivity index (χ0n) is 17.9. The molecule has 1 fully saturated rings. The fraction of sp³-hybridized carbons (Fsp3) is 0.273. The number of hydrogen-bond acceptors (Lipinski definition) is 7. The van der Waals surface area contributed by atoms with Gasteiger partial charge in [-0.3, -0.25) is 10.1 Å². The van der Waals surface area contributed by atoms with E-state index >= 15 is 0 Å². The van der Waals surface area contributed by atoms with Crippen LogP contribution < -0.4 is 10.1 Å². The predicted octanol–water partition coefficient (Wildman–Crippen LogP) is 2.94. The smallest absolute Gasteiger partial charge is 0.258 e. The van der Waals surface area contributed by atoms with E-state index in [0.29, 0.717) is 46.5 Å². The van der Waals surface area contributed by atoms with E-state index in [1.54, 1.807) is 42.5 Å². The first-order valence-electron chi connectivity index (χ1n) is 10.6. The van der Waals surface area contributed by atoms with Crippen LogP contribution in [0.3, 0.4) is 0 Å². The molecule has 10 nitrogen and oxygen atoms in total. The average Bonchev–Trinajstić information content (AvgIpc) is 3.21. The molecule has 4 aromatic rings. The van der Waals surface area contributed by atoms with Gasteiger partial charge < -0.3 is 9.72 Å². The molecule has 0 spiro atoms. The zero-order valence-corrected chi connectivity index (χ0v) is 18.7. The number of fused-ring (bicyclic) bond motifs is 3. The topological polar surface area (TPSA) is 130 Å². The van der Waals surface area contributed by atoms with Gasteiger partial charge in [0.1, 0.15) is 11.3 Å². The molecule has 3 heterocycles. The Balaban J connectivity index is 1.45. The Morgan fingerprint density at radius 2 is 1.91 bits per heavy atom. The van der Waals surface area contributed by atoms with Gasteiger partial charge in [0.05, 0.1) is 12.0 Å². The Morgan fingerprint density at radius 1 is 1.09 bits per heavy atom. The van der Waals surface area contributed by atoms with Gasteiger partial charge in [-0.05, 0) is 49.2 Å². The molecule has 0 saturated carbocycles. The number of sulfonamides is 1. The molecule has 0 radical (unpaired) electrons. The van der Waals surface area contributed by atoms with Gasteiger partial charge in [-0.1, -0.05) is 12.5 Å². The highest BCUT2D eigenvalue weighted by Crippen LogP contribution is 2.28. The number of amides is 1. The van der Waals surface area contributed by atoms with E-state index in [9.17, 15) is 13.2 Å². The molecular formula is C22H22N6O4S. The van der Waals surface area contributed by atoms with Crippen molar-refractivity contribution in [2.75, 3.05) is 25.5 Å². The fourth-order valence-electron chi connectivity index (χ4n) is 3.96. The van der Waals surface area contributed by atoms with Gasteiger partial charge in [0, 0.05) is 29.6 Å². The third-order valence-corrected chi connectivity index (χ3v) is 7.59. The normalized spacial score (nSPS) is 15.1. The molecule has 0 atom stereocenters. The number of H-pyrrole nitrogens is 1. The largest absolute Gasteiger partial charge is 0.497 e. The van der Waals surface area contributed by atoms with Crippen molar-refractivity contribution in [1.29, 1.82) is 0 Å². The molecule has 11 heteroatoms. The highest BCUT2D eigenvalue weighted by atomic mass is 32.2. The molecule has 1 amide bonds. The highest BCUT2D eigenvalue weighted by molar-refractivity contribution is 7.89. The second kappa shape index (κ2) is 8.41. The number of rotatable bonds is 5. The molecule has 170 valence electrons. The number of methoxy groups -OCH3 is 1. The van der Waals surface area contributed by atoms with Gasteiger partial charge >= 0.3 is 0 Å². The van der Waals surface area contributed by atoms with Crippen molar-refractivity contribution in [3.05, 3.63) is 48.0 Å². The van der Waals surface area contributed by atoms with Crippen LogP contribution >= 0.6 is 0 Å². The maximum Gasteiger partial charge on any atom is 0.258 e. The van der Waals surface area contributed by atoms with Crippen molar-refractivity contribution in [2.45, 2.75) is 24.2 Å². The zero-order chi connectivity index (χ0) is 23.0. The molecule has 0 bridgehead atoms. The molecule has 5 rings (SSSR count). The van der Waals surface area contributed by atoms with Crippen LogP contribution in [0.25, 0.3) is 22.1 Å². The summed E-state index contributed by atoms with van der Waals surface area (Å²) in [5.41, 5.74) is 1.90. The van der Waals surface area contributed by atoms with E-state index in [4.69, 9.17) is 4.74 Å². The second-order valence-electron chi connectivity index (χ2n) is 7.82. The van der Waals surface area contributed by atoms with E-state index in [-0.39, 0.29) is 10.8 Å². The third-order valence-electron chi connectivity index (χ3n) is 5.70. The molecule has 1 aliphatic heterocycles. The van der Waals surface area contributed by atoms with Crippen molar-refractivity contribution in [3.63, 3.8) is 0 Å². The molecule has 2 N–H and O–H groups in total. The van der Waals surface area contributed by atoms with Crippen LogP contribution in [0.1, 0.15) is 29.6 Å². The van der Waals surface area contributed by atoms with Crippen molar-refractivity contribution >= 4 is 43.9 Å². The molecule has 0 unspecified atom stereocenters. The summed E-state index contributed by atoms with van der Waals surface area (Å²) in [4.78, 5) is 20.2. The number of carbonyl (C=O) groups is 1. The molecule has 0 aliphatic carbocycles. The summed E-state index contributed by atoms with van der Waals surface area (Å²) in [5.74, 6) is 0.187. The maximum absolute atomic E-state index is 13.1. The van der Waals surface area contributed by atoms with E-state index in [0.717, 1.165) is 19.3 Å². The Morgan fingerprint density at radius 3 is 2.70 bits per heavy atom. The van der Waals surface area contributed by atoms with Crippen molar-refractivity contribution < 1.29 is 17.9 Å². The van der Waals surface area contributed by atoms with Gasteiger partial charge in [-0.25, -0.2) is 8.42 Å². The number of benzene rings is 2. The lowest BCUT2D eigenvalue weighted by Crippen LogP contribution is -2.35. The van der Waals surface area contributed by atoms with Crippen LogP contribution in [0, 0.1) is 0 Å². The van der Waals surface area contributed by atoms with E-state index in [2.05, 4.69) is 25.5 Å². The third kappa shape index (κ3) is 4.00. The number of aromatic nitrogens is 4. The lowest BCUT2D eigenvalue weighted by Gasteiger charge is -2.25. The molecule has 1 saturated heterocycles. The van der Waals surface area contributed by atoms with E-state index in [1.165, 1.54) is 11.4 Å². The Labute approximate surface area is 190 Å². The van der Waals surface area contributed by atoms with Crippen LogP contribution in [-0.2, 0) is 10.0 Å². The van der Waals surface area contributed by atoms with E-state index < -0.39 is 15.9 Å². The Kier molecular flexibility index (Phi) is 5.43. The summed E-state index contributed by atoms with van der Waals surface area (Å²) >= 11 is 0. The van der Waals surface area contributed by atoms with Gasteiger partial charge in [0.25, 0.3) is 11.9 Å². The quantitative estimate of drug-likeness (QED) is 0.462. The Bertz CT molecular complexity index is 1460. The highest BCUT2D eigenvalue weighted by Gasteiger charge is 2.26. The van der Waals surface area contributed by atoms with Gasteiger partial charge in [0.2, 0.25) is 10.0 Å². The van der Waals surface area contributed by atoms with Crippen LogP contribution in [0.4, 0.5) is 5.95 Å². The van der Waals surface area contributed by atoms with Crippen LogP contribution in [0.2, 0.25) is 0 Å². The van der Waals surface area contributed by atoms with Crippen LogP contribution in [0.5, 0.6) is 5.75 Å². The second-order valence-corrected chi connectivity index (χ2v) is 9.75. The fourth-order valence-corrected chi connectivity index (χ4v) is 5.50. The first-order chi connectivity index (χ1) is 16.0. The summed E-state index contributed by atoms with van der Waals surface area (Å²) in [6.45, 7) is 1.07. The number of ether oxygens (including phenoxy) is 1. The molecule has 33 heavy (non-hydrogen) atoms. The number of aromatic amines is 1. The van der Waals surface area contributed by atoms with Crippen LogP contribution in [0.15, 0.2) is 47.4 Å². The SMILES string of the molecule is COc1cccc(C(=O)Nc2nnc3c(n2)[nH]c2ccc(S(=O)(=O)N4CCCCC4)cc23)c1. The molecule has 1 aliphatic rings. The maximum atomic E-state index is 13.1. The number of nitrogens with zero attached hydrogens (tertiary/aromatic N) is 4. The summed E-state index contributed by atoms with van der Waals surface area (Å²) in [7, 11) is -2.05. The van der Waals surface area contributed by atoms with E-state index in [1.807, 2.05) is 0 Å². The summed E-state index contributed by atoms with van der Waals surface area (Å²) < 4.78 is 32.8. The lowest BCUT2D eigenvalue weighted by atomic mass is 10.2. The predicted molar refractivity (Wildman–Crippen MR) is 123 cm³/mol. The molecule has 2 aromatic heterocycles. The minimum atomic E-state index is -3.58. The van der Waals surface area contributed by atoms with Crippen LogP contribution in [-0.4, -0.2) is 59.0 Å². The van der Waals surface area contributed by atoms with Crippen molar-refractivity contribution in [1.82, 2.24) is 24.5 Å². The van der Waals surface area contributed by atoms with Crippen molar-refractivity contribution in [3.8, 4) is 5.75 Å². The molecule has 2 aromatic carbocycles. The van der Waals surface area contributed by atoms with Gasteiger partial charge in [-0.15, -0.1) is 10.2 Å². The molecular weight excluding hydrogens is 444 g/mol. The minimum absolute atomic E-state index is 0.0306. The average molecular weight is 467 g/mol. The number of anilines is 1. The van der Waals surface area contributed by atoms with Gasteiger partial charge in [-0.2, -0.15) is 9.29 Å². The number of piperidine rings is 1. The number of carbonyl (C=O) groups excluding carboxylic acids is 1. The summed E-state index contributed by atoms with van der Waals surface area (Å²) in [6.07, 6.45) is 2.79. The lowest BCUT2D eigenvalue weighted by molar-refractivity contribution is 0.102. The summed E-state index contributed by atoms with van der Waals surface area (Å²) in [6, 6.07) is 11.6. The van der Waals surface area contributed by atoms with Crippen molar-refractivity contribution in [2.24, 2.45) is 0 Å². The number of nitrogens with one attached hydrogen (secondary N) is 2. The Hall–Kier alpha value is -3.57. The summed E-state index contributed by atoms with van der Waals surface area (Å²) in [5, 5.41) is 11.4. The minimum Gasteiger partial charge on any atom is -0.497 e. The monoisotopic (exact) mass is 466 g/mol. The van der Waals surface area contributed by atoms with Gasteiger partial charge in [0.15, 0.2) is 5.65 Å². The standard InChI is InChI=1S/C22H22N6O4S/c1-32-15-7-5-6-14(12-15)21(29)25-22-24-20-19(26-27-22)17-13-16(8-9-18(17)23-20)33(30,31)28-10-3-2-4-11-28/h5-9,12-13H,2-4,10-11H2,1H3,(H2,23,24,25,27,29). The number of hydrogen-bond donors (Lipinski definition) is 2.